The van der Waals surface area contributed by atoms with Gasteiger partial charge in [-0.3, -0.25) is 0 Å². The standard InChI is InChI=1S/C26H27NO/c1-16-9-17(2)12-21(11-16)24-15-19-7-8-23(27-25(19)28-24)20-10-18(3)13-22(14-20)26(4,5)6/h7-15H,1-6H3. The van der Waals surface area contributed by atoms with E-state index in [1.165, 1.54) is 22.3 Å². The van der Waals surface area contributed by atoms with Crippen LogP contribution in [0.2, 0.25) is 0 Å². The Kier molecular flexibility index (Phi) is 4.38. The Morgan fingerprint density at radius 3 is 2.04 bits per heavy atom. The number of hydrogen-bond acceptors (Lipinski definition) is 2. The lowest BCUT2D eigenvalue weighted by atomic mass is 9.85. The summed E-state index contributed by atoms with van der Waals surface area (Å²) in [5.41, 5.74) is 9.01. The molecule has 0 unspecified atom stereocenters. The van der Waals surface area contributed by atoms with Gasteiger partial charge < -0.3 is 4.42 Å². The predicted octanol–water partition coefficient (Wildman–Crippen LogP) is 7.38. The Labute approximate surface area is 167 Å². The van der Waals surface area contributed by atoms with Crippen molar-refractivity contribution >= 4 is 11.1 Å². The van der Waals surface area contributed by atoms with Gasteiger partial charge in [0.1, 0.15) is 5.76 Å². The van der Waals surface area contributed by atoms with E-state index in [0.29, 0.717) is 5.71 Å². The van der Waals surface area contributed by atoms with Crippen LogP contribution in [0.15, 0.2) is 59.0 Å². The number of benzene rings is 2. The molecule has 2 aromatic heterocycles. The third-order valence-corrected chi connectivity index (χ3v) is 5.13. The molecule has 0 amide bonds. The molecule has 0 saturated carbocycles. The van der Waals surface area contributed by atoms with Gasteiger partial charge in [-0.25, -0.2) is 4.98 Å². The van der Waals surface area contributed by atoms with Crippen LogP contribution in [-0.4, -0.2) is 4.98 Å². The first-order chi connectivity index (χ1) is 13.2. The molecule has 2 aromatic carbocycles. The predicted molar refractivity (Wildman–Crippen MR) is 118 cm³/mol. The summed E-state index contributed by atoms with van der Waals surface area (Å²) in [6.07, 6.45) is 0. The fourth-order valence-electron chi connectivity index (χ4n) is 3.70. The van der Waals surface area contributed by atoms with Gasteiger partial charge in [-0.15, -0.1) is 0 Å². The molecule has 0 aliphatic rings. The highest BCUT2D eigenvalue weighted by Crippen LogP contribution is 2.32. The third-order valence-electron chi connectivity index (χ3n) is 5.13. The van der Waals surface area contributed by atoms with Gasteiger partial charge >= 0.3 is 0 Å². The van der Waals surface area contributed by atoms with Crippen LogP contribution in [0.4, 0.5) is 0 Å². The number of pyridine rings is 1. The van der Waals surface area contributed by atoms with Crippen LogP contribution >= 0.6 is 0 Å². The molecule has 0 aliphatic carbocycles. The normalized spacial score (nSPS) is 11.9. The molecule has 0 fully saturated rings. The number of aromatic nitrogens is 1. The van der Waals surface area contributed by atoms with Crippen LogP contribution in [0.5, 0.6) is 0 Å². The highest BCUT2D eigenvalue weighted by molar-refractivity contribution is 5.82. The van der Waals surface area contributed by atoms with Crippen molar-refractivity contribution in [1.29, 1.82) is 0 Å². The Balaban J connectivity index is 1.80. The number of hydrogen-bond donors (Lipinski definition) is 0. The van der Waals surface area contributed by atoms with Crippen LogP contribution in [0.1, 0.15) is 43.0 Å². The number of furan rings is 1. The molecule has 2 heterocycles. The Bertz CT molecular complexity index is 1150. The zero-order valence-corrected chi connectivity index (χ0v) is 17.6. The second-order valence-corrected chi connectivity index (χ2v) is 8.92. The van der Waals surface area contributed by atoms with E-state index >= 15 is 0 Å². The van der Waals surface area contributed by atoms with E-state index in [4.69, 9.17) is 9.40 Å². The van der Waals surface area contributed by atoms with Crippen molar-refractivity contribution in [3.63, 3.8) is 0 Å². The summed E-state index contributed by atoms with van der Waals surface area (Å²) < 4.78 is 6.14. The molecule has 4 rings (SSSR count). The average molecular weight is 370 g/mol. The highest BCUT2D eigenvalue weighted by atomic mass is 16.3. The maximum absolute atomic E-state index is 6.14. The van der Waals surface area contributed by atoms with Gasteiger partial charge in [0.15, 0.2) is 0 Å². The quantitative estimate of drug-likeness (QED) is 0.368. The topological polar surface area (TPSA) is 26.0 Å². The molecular weight excluding hydrogens is 342 g/mol. The highest BCUT2D eigenvalue weighted by Gasteiger charge is 2.16. The summed E-state index contributed by atoms with van der Waals surface area (Å²) in [6.45, 7) is 13.1. The van der Waals surface area contributed by atoms with Gasteiger partial charge in [0.2, 0.25) is 5.71 Å². The average Bonchev–Trinajstić information content (AvgIpc) is 3.03. The summed E-state index contributed by atoms with van der Waals surface area (Å²) in [5.74, 6) is 0.867. The number of nitrogens with zero attached hydrogens (tertiary/aromatic N) is 1. The van der Waals surface area contributed by atoms with E-state index in [2.05, 4.69) is 96.1 Å². The molecule has 0 atom stereocenters. The summed E-state index contributed by atoms with van der Waals surface area (Å²) in [6, 6.07) is 19.4. The summed E-state index contributed by atoms with van der Waals surface area (Å²) >= 11 is 0. The smallest absolute Gasteiger partial charge is 0.227 e. The molecule has 28 heavy (non-hydrogen) atoms. The molecular formula is C26H27NO. The fourth-order valence-corrected chi connectivity index (χ4v) is 3.70. The molecule has 0 aliphatic heterocycles. The lowest BCUT2D eigenvalue weighted by Gasteiger charge is -2.20. The largest absolute Gasteiger partial charge is 0.438 e. The minimum absolute atomic E-state index is 0.103. The van der Waals surface area contributed by atoms with Crippen LogP contribution in [-0.2, 0) is 5.41 Å². The minimum Gasteiger partial charge on any atom is -0.438 e. The molecule has 0 radical (unpaired) electrons. The Morgan fingerprint density at radius 2 is 1.36 bits per heavy atom. The first-order valence-electron chi connectivity index (χ1n) is 9.81. The Morgan fingerprint density at radius 1 is 0.714 bits per heavy atom. The Hall–Kier alpha value is -2.87. The van der Waals surface area contributed by atoms with Crippen molar-refractivity contribution in [3.8, 4) is 22.6 Å². The van der Waals surface area contributed by atoms with E-state index in [0.717, 1.165) is 28.0 Å². The molecule has 2 nitrogen and oxygen atoms in total. The molecule has 142 valence electrons. The van der Waals surface area contributed by atoms with E-state index in [-0.39, 0.29) is 5.41 Å². The molecule has 4 aromatic rings. The first-order valence-corrected chi connectivity index (χ1v) is 9.81. The lowest BCUT2D eigenvalue weighted by molar-refractivity contribution is 0.590. The van der Waals surface area contributed by atoms with E-state index in [1.54, 1.807) is 0 Å². The van der Waals surface area contributed by atoms with Crippen molar-refractivity contribution in [2.45, 2.75) is 47.0 Å². The van der Waals surface area contributed by atoms with Gasteiger partial charge in [0.25, 0.3) is 0 Å². The number of aryl methyl sites for hydroxylation is 3. The number of rotatable bonds is 2. The monoisotopic (exact) mass is 369 g/mol. The van der Waals surface area contributed by atoms with Gasteiger partial charge in [-0.1, -0.05) is 49.6 Å². The van der Waals surface area contributed by atoms with Crippen molar-refractivity contribution in [2.24, 2.45) is 0 Å². The second-order valence-electron chi connectivity index (χ2n) is 8.92. The second kappa shape index (κ2) is 6.63. The SMILES string of the molecule is Cc1cc(C)cc(-c2cc3ccc(-c4cc(C)cc(C(C)(C)C)c4)nc3o2)c1. The summed E-state index contributed by atoms with van der Waals surface area (Å²) in [4.78, 5) is 4.83. The van der Waals surface area contributed by atoms with Crippen molar-refractivity contribution in [2.75, 3.05) is 0 Å². The molecule has 0 bridgehead atoms. The van der Waals surface area contributed by atoms with Crippen LogP contribution in [0, 0.1) is 20.8 Å². The van der Waals surface area contributed by atoms with Crippen LogP contribution < -0.4 is 0 Å². The van der Waals surface area contributed by atoms with Gasteiger partial charge in [-0.2, -0.15) is 0 Å². The zero-order valence-electron chi connectivity index (χ0n) is 17.6. The zero-order chi connectivity index (χ0) is 20.1. The van der Waals surface area contributed by atoms with Gasteiger partial charge in [-0.05, 0) is 74.2 Å². The maximum Gasteiger partial charge on any atom is 0.227 e. The first kappa shape index (κ1) is 18.5. The van der Waals surface area contributed by atoms with Crippen molar-refractivity contribution in [3.05, 3.63) is 76.9 Å². The minimum atomic E-state index is 0.103. The van der Waals surface area contributed by atoms with Gasteiger partial charge in [0.05, 0.1) is 5.69 Å². The van der Waals surface area contributed by atoms with Crippen LogP contribution in [0.3, 0.4) is 0 Å². The van der Waals surface area contributed by atoms with Crippen LogP contribution in [0.25, 0.3) is 33.7 Å². The fraction of sp³-hybridized carbons (Fsp3) is 0.269. The number of fused-ring (bicyclic) bond motifs is 1. The molecule has 0 N–H and O–H groups in total. The van der Waals surface area contributed by atoms with E-state index in [9.17, 15) is 0 Å². The maximum atomic E-state index is 6.14. The van der Waals surface area contributed by atoms with Crippen molar-refractivity contribution in [1.82, 2.24) is 4.98 Å². The van der Waals surface area contributed by atoms with E-state index < -0.39 is 0 Å². The summed E-state index contributed by atoms with van der Waals surface area (Å²) in [7, 11) is 0. The molecule has 0 spiro atoms. The molecule has 0 saturated heterocycles. The van der Waals surface area contributed by atoms with Crippen molar-refractivity contribution < 1.29 is 4.42 Å². The molecule has 2 heteroatoms. The van der Waals surface area contributed by atoms with Gasteiger partial charge in [0, 0.05) is 16.5 Å². The summed E-state index contributed by atoms with van der Waals surface area (Å²) in [5, 5.41) is 1.03. The van der Waals surface area contributed by atoms with E-state index in [1.807, 2.05) is 0 Å². The lowest BCUT2D eigenvalue weighted by Crippen LogP contribution is -2.11. The third kappa shape index (κ3) is 3.60.